The van der Waals surface area contributed by atoms with Gasteiger partial charge < -0.3 is 5.73 Å². The molecule has 0 atom stereocenters. The van der Waals surface area contributed by atoms with Crippen molar-refractivity contribution in [1.29, 1.82) is 0 Å². The molecule has 0 fully saturated rings. The Kier molecular flexibility index (Phi) is 3.72. The van der Waals surface area contributed by atoms with E-state index in [0.29, 0.717) is 4.47 Å². The summed E-state index contributed by atoms with van der Waals surface area (Å²) in [5.74, 6) is -0.798. The van der Waals surface area contributed by atoms with E-state index in [9.17, 15) is 12.8 Å². The molecule has 2 aromatic rings. The number of nitrogen functional groups attached to an aromatic ring is 1. The number of halogens is 2. The van der Waals surface area contributed by atoms with E-state index >= 15 is 0 Å². The Labute approximate surface area is 117 Å². The van der Waals surface area contributed by atoms with Crippen molar-refractivity contribution >= 4 is 37.5 Å². The second kappa shape index (κ2) is 5.14. The Hall–Kier alpha value is -1.67. The molecule has 1 aromatic heterocycles. The fourth-order valence-corrected chi connectivity index (χ4v) is 2.79. The smallest absolute Gasteiger partial charge is 0.266 e. The van der Waals surface area contributed by atoms with Gasteiger partial charge in [-0.25, -0.2) is 17.8 Å². The molecule has 0 aliphatic heterocycles. The van der Waals surface area contributed by atoms with Crippen LogP contribution in [-0.2, 0) is 10.0 Å². The van der Waals surface area contributed by atoms with E-state index < -0.39 is 20.7 Å². The fraction of sp³-hybridized carbons (Fsp3) is 0. The van der Waals surface area contributed by atoms with E-state index in [-0.39, 0.29) is 11.5 Å². The molecule has 3 N–H and O–H groups in total. The summed E-state index contributed by atoms with van der Waals surface area (Å²) in [6.07, 6.45) is 1.42. The van der Waals surface area contributed by atoms with Crippen molar-refractivity contribution in [2.75, 3.05) is 10.5 Å². The minimum atomic E-state index is -4.07. The lowest BCUT2D eigenvalue weighted by atomic mass is 10.3. The minimum absolute atomic E-state index is 0.100. The van der Waals surface area contributed by atoms with E-state index in [2.05, 4.69) is 25.6 Å². The van der Waals surface area contributed by atoms with Gasteiger partial charge in [0.05, 0.1) is 0 Å². The lowest BCUT2D eigenvalue weighted by Crippen LogP contribution is -2.15. The third-order valence-corrected chi connectivity index (χ3v) is 4.30. The largest absolute Gasteiger partial charge is 0.398 e. The first-order chi connectivity index (χ1) is 8.90. The maximum absolute atomic E-state index is 13.7. The van der Waals surface area contributed by atoms with Gasteiger partial charge >= 0.3 is 0 Å². The second-order valence-corrected chi connectivity index (χ2v) is 6.13. The van der Waals surface area contributed by atoms with Crippen LogP contribution in [0.5, 0.6) is 0 Å². The molecule has 100 valence electrons. The van der Waals surface area contributed by atoms with Crippen LogP contribution in [-0.4, -0.2) is 13.4 Å². The van der Waals surface area contributed by atoms with Gasteiger partial charge in [-0.1, -0.05) is 6.07 Å². The van der Waals surface area contributed by atoms with E-state index in [4.69, 9.17) is 5.73 Å². The monoisotopic (exact) mass is 345 g/mol. The highest BCUT2D eigenvalue weighted by Gasteiger charge is 2.21. The predicted octanol–water partition coefficient (Wildman–Crippen LogP) is 2.37. The molecule has 0 amide bonds. The van der Waals surface area contributed by atoms with Gasteiger partial charge in [0.1, 0.15) is 16.5 Å². The Morgan fingerprint density at radius 2 is 2.05 bits per heavy atom. The highest BCUT2D eigenvalue weighted by atomic mass is 79.9. The van der Waals surface area contributed by atoms with Crippen molar-refractivity contribution in [3.8, 4) is 0 Å². The van der Waals surface area contributed by atoms with Crippen LogP contribution in [0.3, 0.4) is 0 Å². The first-order valence-corrected chi connectivity index (χ1v) is 7.36. The Balaban J connectivity index is 2.43. The zero-order valence-electron chi connectivity index (χ0n) is 9.47. The van der Waals surface area contributed by atoms with Crippen LogP contribution in [0.4, 0.5) is 15.9 Å². The van der Waals surface area contributed by atoms with Crippen LogP contribution in [0.25, 0.3) is 0 Å². The summed E-state index contributed by atoms with van der Waals surface area (Å²) in [6.45, 7) is 0. The maximum Gasteiger partial charge on any atom is 0.266 e. The molecule has 0 unspecified atom stereocenters. The summed E-state index contributed by atoms with van der Waals surface area (Å²) in [7, 11) is -4.07. The molecule has 0 aliphatic carbocycles. The molecule has 1 heterocycles. The van der Waals surface area contributed by atoms with Gasteiger partial charge in [-0.15, -0.1) is 0 Å². The van der Waals surface area contributed by atoms with Crippen molar-refractivity contribution in [2.24, 2.45) is 0 Å². The van der Waals surface area contributed by atoms with Crippen LogP contribution < -0.4 is 10.5 Å². The number of nitrogens with zero attached hydrogens (tertiary/aromatic N) is 1. The molecular formula is C11H9BrFN3O2S. The minimum Gasteiger partial charge on any atom is -0.398 e. The van der Waals surface area contributed by atoms with Gasteiger partial charge in [-0.05, 0) is 40.2 Å². The fourth-order valence-electron chi connectivity index (χ4n) is 1.37. The van der Waals surface area contributed by atoms with Gasteiger partial charge in [-0.2, -0.15) is 0 Å². The Morgan fingerprint density at radius 3 is 2.68 bits per heavy atom. The van der Waals surface area contributed by atoms with E-state index in [1.54, 1.807) is 12.1 Å². The molecule has 19 heavy (non-hydrogen) atoms. The number of nitrogens with two attached hydrogens (primary N) is 1. The van der Waals surface area contributed by atoms with E-state index in [1.165, 1.54) is 12.3 Å². The molecule has 0 bridgehead atoms. The summed E-state index contributed by atoms with van der Waals surface area (Å²) >= 11 is 3.02. The maximum atomic E-state index is 13.7. The van der Waals surface area contributed by atoms with Crippen molar-refractivity contribution in [2.45, 2.75) is 4.90 Å². The molecule has 8 heteroatoms. The van der Waals surface area contributed by atoms with Crippen molar-refractivity contribution < 1.29 is 12.8 Å². The number of sulfonamides is 1. The van der Waals surface area contributed by atoms with Crippen LogP contribution in [0.2, 0.25) is 0 Å². The SMILES string of the molecule is Nc1cc(S(=O)(=O)Nc2ccccn2)c(F)cc1Br. The molecule has 0 radical (unpaired) electrons. The first-order valence-electron chi connectivity index (χ1n) is 5.08. The number of benzene rings is 1. The molecule has 0 saturated carbocycles. The van der Waals surface area contributed by atoms with Gasteiger partial charge in [0.25, 0.3) is 10.0 Å². The van der Waals surface area contributed by atoms with Crippen molar-refractivity contribution in [1.82, 2.24) is 4.98 Å². The molecule has 0 spiro atoms. The zero-order valence-corrected chi connectivity index (χ0v) is 11.9. The highest BCUT2D eigenvalue weighted by molar-refractivity contribution is 9.10. The second-order valence-electron chi connectivity index (χ2n) is 3.62. The molecule has 1 aromatic carbocycles. The number of hydrogen-bond donors (Lipinski definition) is 2. The number of aromatic nitrogens is 1. The van der Waals surface area contributed by atoms with Crippen LogP contribution in [0.15, 0.2) is 45.9 Å². The average Bonchev–Trinajstić information content (AvgIpc) is 2.34. The number of anilines is 2. The number of pyridine rings is 1. The van der Waals surface area contributed by atoms with E-state index in [0.717, 1.165) is 12.1 Å². The third-order valence-electron chi connectivity index (χ3n) is 2.24. The van der Waals surface area contributed by atoms with Gasteiger partial charge in [-0.3, -0.25) is 4.72 Å². The van der Waals surface area contributed by atoms with Gasteiger partial charge in [0.2, 0.25) is 0 Å². The first kappa shape index (κ1) is 13.8. The average molecular weight is 346 g/mol. The summed E-state index contributed by atoms with van der Waals surface area (Å²) < 4.78 is 40.2. The molecular weight excluding hydrogens is 337 g/mol. The third kappa shape index (κ3) is 3.02. The summed E-state index contributed by atoms with van der Waals surface area (Å²) in [6, 6.07) is 6.75. The van der Waals surface area contributed by atoms with E-state index in [1.807, 2.05) is 0 Å². The lowest BCUT2D eigenvalue weighted by molar-refractivity contribution is 0.570. The predicted molar refractivity (Wildman–Crippen MR) is 73.6 cm³/mol. The number of hydrogen-bond acceptors (Lipinski definition) is 4. The zero-order chi connectivity index (χ0) is 14.0. The Morgan fingerprint density at radius 1 is 1.32 bits per heavy atom. The summed E-state index contributed by atoms with van der Waals surface area (Å²) in [4.78, 5) is 3.28. The summed E-state index contributed by atoms with van der Waals surface area (Å²) in [5, 5.41) is 0. The van der Waals surface area contributed by atoms with Crippen LogP contribution >= 0.6 is 15.9 Å². The van der Waals surface area contributed by atoms with Crippen LogP contribution in [0.1, 0.15) is 0 Å². The molecule has 5 nitrogen and oxygen atoms in total. The van der Waals surface area contributed by atoms with Gasteiger partial charge in [0.15, 0.2) is 0 Å². The summed E-state index contributed by atoms with van der Waals surface area (Å²) in [5.41, 5.74) is 5.69. The van der Waals surface area contributed by atoms with Gasteiger partial charge in [0, 0.05) is 16.4 Å². The number of rotatable bonds is 3. The van der Waals surface area contributed by atoms with Crippen molar-refractivity contribution in [3.63, 3.8) is 0 Å². The quantitative estimate of drug-likeness (QED) is 0.836. The molecule has 0 aliphatic rings. The highest BCUT2D eigenvalue weighted by Crippen LogP contribution is 2.26. The number of nitrogens with one attached hydrogen (secondary N) is 1. The lowest BCUT2D eigenvalue weighted by Gasteiger charge is -2.09. The normalized spacial score (nSPS) is 11.3. The Bertz CT molecular complexity index is 707. The van der Waals surface area contributed by atoms with Crippen LogP contribution in [0, 0.1) is 5.82 Å². The molecule has 2 rings (SSSR count). The standard InChI is InChI=1S/C11H9BrFN3O2S/c12-7-5-8(13)10(6-9(7)14)19(17,18)16-11-3-1-2-4-15-11/h1-6H,14H2,(H,15,16). The molecule has 0 saturated heterocycles. The topological polar surface area (TPSA) is 85.1 Å². The van der Waals surface area contributed by atoms with Crippen molar-refractivity contribution in [3.05, 3.63) is 46.8 Å².